The Morgan fingerprint density at radius 3 is 2.00 bits per heavy atom. The third-order valence-corrected chi connectivity index (χ3v) is 3.69. The van der Waals surface area contributed by atoms with Gasteiger partial charge in [-0.2, -0.15) is 4.79 Å². The summed E-state index contributed by atoms with van der Waals surface area (Å²) in [5.74, 6) is -1.80. The van der Waals surface area contributed by atoms with Crippen molar-refractivity contribution in [1.29, 1.82) is 0 Å². The summed E-state index contributed by atoms with van der Waals surface area (Å²) in [6, 6.07) is 0. The van der Waals surface area contributed by atoms with Crippen LogP contribution in [0.2, 0.25) is 0 Å². The minimum atomic E-state index is -1.61. The molecule has 1 fully saturated rings. The second-order valence-electron chi connectivity index (χ2n) is 5.60. The number of quaternary nitrogens is 1. The van der Waals surface area contributed by atoms with Crippen molar-refractivity contribution in [2.75, 3.05) is 0 Å². The standard InChI is InChI=1S/C11H17NO5/c1-10(2,3)12(9(16)17)7(13)5-6-11(12,4)8(14)15/h5-6H2,1-4H3,(H-,14,15,16,17)/p+1/t11?,12-/m0/s1. The lowest BCUT2D eigenvalue weighted by atomic mass is 9.90. The molecule has 2 N–H and O–H groups in total. The van der Waals surface area contributed by atoms with Crippen molar-refractivity contribution >= 4 is 18.0 Å². The van der Waals surface area contributed by atoms with Gasteiger partial charge in [-0.1, -0.05) is 0 Å². The first kappa shape index (κ1) is 13.6. The molecular formula is C11H18NO5+. The van der Waals surface area contributed by atoms with E-state index in [1.165, 1.54) is 6.92 Å². The Morgan fingerprint density at radius 1 is 1.29 bits per heavy atom. The zero-order valence-corrected chi connectivity index (χ0v) is 10.5. The summed E-state index contributed by atoms with van der Waals surface area (Å²) in [6.07, 6.45) is -1.37. The molecule has 1 unspecified atom stereocenters. The number of amides is 2. The summed E-state index contributed by atoms with van der Waals surface area (Å²) < 4.78 is -1.05. The first-order valence-electron chi connectivity index (χ1n) is 5.41. The molecule has 0 aromatic heterocycles. The van der Waals surface area contributed by atoms with E-state index < -0.39 is 33.5 Å². The monoisotopic (exact) mass is 244 g/mol. The average molecular weight is 244 g/mol. The lowest BCUT2D eigenvalue weighted by Gasteiger charge is -2.45. The zero-order valence-electron chi connectivity index (χ0n) is 10.5. The molecule has 1 aliphatic rings. The van der Waals surface area contributed by atoms with E-state index in [0.717, 1.165) is 0 Å². The van der Waals surface area contributed by atoms with Gasteiger partial charge in [-0.15, -0.1) is 4.48 Å². The average Bonchev–Trinajstić information content (AvgIpc) is 2.39. The Hall–Kier alpha value is -1.43. The smallest absolute Gasteiger partial charge is 0.477 e. The lowest BCUT2D eigenvalue weighted by Crippen LogP contribution is -2.74. The third kappa shape index (κ3) is 1.40. The SMILES string of the molecule is CC(C)(C)[N@@+]1(C(=O)O)C(=O)CCC1(C)C(=O)O. The Bertz CT molecular complexity index is 397. The van der Waals surface area contributed by atoms with Gasteiger partial charge in [0.05, 0.1) is 6.42 Å². The molecule has 1 rings (SSSR count). The fourth-order valence-electron chi connectivity index (χ4n) is 2.93. The van der Waals surface area contributed by atoms with Gasteiger partial charge in [0.2, 0.25) is 5.54 Å². The molecule has 0 bridgehead atoms. The maximum Gasteiger partial charge on any atom is 0.522 e. The first-order chi connectivity index (χ1) is 7.51. The second kappa shape index (κ2) is 3.53. The van der Waals surface area contributed by atoms with E-state index in [4.69, 9.17) is 0 Å². The van der Waals surface area contributed by atoms with Crippen LogP contribution in [0.5, 0.6) is 0 Å². The highest BCUT2D eigenvalue weighted by Crippen LogP contribution is 2.45. The molecule has 6 heteroatoms. The predicted molar refractivity (Wildman–Crippen MR) is 58.3 cm³/mol. The normalized spacial score (nSPS) is 33.8. The summed E-state index contributed by atoms with van der Waals surface area (Å²) in [5, 5.41) is 18.7. The van der Waals surface area contributed by atoms with Crippen molar-refractivity contribution in [1.82, 2.24) is 0 Å². The number of carbonyl (C=O) groups excluding carboxylic acids is 1. The van der Waals surface area contributed by atoms with E-state index in [1.807, 2.05) is 0 Å². The van der Waals surface area contributed by atoms with Crippen LogP contribution < -0.4 is 0 Å². The summed E-state index contributed by atoms with van der Waals surface area (Å²) in [7, 11) is 0. The van der Waals surface area contributed by atoms with Gasteiger partial charge in [0.25, 0.3) is 0 Å². The maximum atomic E-state index is 12.0. The van der Waals surface area contributed by atoms with Crippen LogP contribution in [0.1, 0.15) is 40.5 Å². The summed E-state index contributed by atoms with van der Waals surface area (Å²) in [5.41, 5.74) is -2.62. The van der Waals surface area contributed by atoms with Crippen LogP contribution in [0.25, 0.3) is 0 Å². The quantitative estimate of drug-likeness (QED) is 0.681. The summed E-state index contributed by atoms with van der Waals surface area (Å²) in [6.45, 7) is 6.06. The van der Waals surface area contributed by atoms with Crippen LogP contribution in [0.4, 0.5) is 4.79 Å². The molecule has 0 aliphatic carbocycles. The molecule has 0 aromatic rings. The van der Waals surface area contributed by atoms with Crippen molar-refractivity contribution in [3.05, 3.63) is 0 Å². The summed E-state index contributed by atoms with van der Waals surface area (Å²) in [4.78, 5) is 35.0. The molecule has 1 heterocycles. The van der Waals surface area contributed by atoms with Gasteiger partial charge in [-0.3, -0.25) is 0 Å². The van der Waals surface area contributed by atoms with Crippen molar-refractivity contribution in [3.63, 3.8) is 0 Å². The number of imide groups is 1. The van der Waals surface area contributed by atoms with E-state index in [0.29, 0.717) is 0 Å². The minimum Gasteiger partial charge on any atom is -0.477 e. The lowest BCUT2D eigenvalue weighted by molar-refractivity contribution is -0.863. The van der Waals surface area contributed by atoms with Gasteiger partial charge in [0, 0.05) is 13.3 Å². The minimum absolute atomic E-state index is 0.0215. The van der Waals surface area contributed by atoms with E-state index >= 15 is 0 Å². The maximum absolute atomic E-state index is 12.0. The summed E-state index contributed by atoms with van der Waals surface area (Å²) >= 11 is 0. The molecule has 1 aliphatic heterocycles. The molecule has 0 saturated carbocycles. The highest BCUT2D eigenvalue weighted by atomic mass is 16.4. The third-order valence-electron chi connectivity index (χ3n) is 3.69. The van der Waals surface area contributed by atoms with E-state index in [2.05, 4.69) is 0 Å². The molecule has 6 nitrogen and oxygen atoms in total. The fourth-order valence-corrected chi connectivity index (χ4v) is 2.93. The number of aliphatic carboxylic acids is 1. The van der Waals surface area contributed by atoms with Gasteiger partial charge in [-0.25, -0.2) is 9.59 Å². The van der Waals surface area contributed by atoms with Crippen LogP contribution in [0.3, 0.4) is 0 Å². The predicted octanol–water partition coefficient (Wildman–Crippen LogP) is 1.44. The van der Waals surface area contributed by atoms with Crippen molar-refractivity contribution in [2.45, 2.75) is 51.6 Å². The van der Waals surface area contributed by atoms with Gasteiger partial charge in [-0.05, 0) is 20.8 Å². The van der Waals surface area contributed by atoms with Gasteiger partial charge >= 0.3 is 18.0 Å². The molecule has 0 aromatic carbocycles. The van der Waals surface area contributed by atoms with E-state index in [-0.39, 0.29) is 12.8 Å². The Morgan fingerprint density at radius 2 is 1.76 bits per heavy atom. The number of hydrogen-bond donors (Lipinski definition) is 2. The largest absolute Gasteiger partial charge is 0.522 e. The van der Waals surface area contributed by atoms with Crippen molar-refractivity contribution in [3.8, 4) is 0 Å². The number of rotatable bonds is 1. The Balaban J connectivity index is 3.61. The number of hydrogen-bond acceptors (Lipinski definition) is 3. The van der Waals surface area contributed by atoms with Crippen LogP contribution in [-0.4, -0.2) is 43.7 Å². The molecule has 2 atom stereocenters. The van der Waals surface area contributed by atoms with E-state index in [9.17, 15) is 24.6 Å². The fraction of sp³-hybridized carbons (Fsp3) is 0.727. The highest BCUT2D eigenvalue weighted by molar-refractivity contribution is 5.91. The van der Waals surface area contributed by atoms with Gasteiger partial charge in [0.1, 0.15) is 5.54 Å². The van der Waals surface area contributed by atoms with Crippen LogP contribution in [0, 0.1) is 0 Å². The molecule has 17 heavy (non-hydrogen) atoms. The molecule has 0 radical (unpaired) electrons. The number of carboxylic acid groups (broad SMARTS) is 2. The van der Waals surface area contributed by atoms with Gasteiger partial charge in [0.15, 0.2) is 0 Å². The van der Waals surface area contributed by atoms with Crippen molar-refractivity contribution < 1.29 is 29.1 Å². The molecule has 2 amide bonds. The molecule has 1 saturated heterocycles. The topological polar surface area (TPSA) is 91.7 Å². The van der Waals surface area contributed by atoms with Crippen LogP contribution in [0.15, 0.2) is 0 Å². The Kier molecular flexibility index (Phi) is 2.83. The number of carbonyl (C=O) groups is 3. The highest BCUT2D eigenvalue weighted by Gasteiger charge is 2.72. The zero-order chi connectivity index (χ0) is 13.6. The van der Waals surface area contributed by atoms with Crippen LogP contribution >= 0.6 is 0 Å². The van der Waals surface area contributed by atoms with Crippen LogP contribution in [-0.2, 0) is 9.59 Å². The van der Waals surface area contributed by atoms with Crippen molar-refractivity contribution in [2.24, 2.45) is 0 Å². The Labute approximate surface area is 99.4 Å². The molecule has 96 valence electrons. The van der Waals surface area contributed by atoms with Gasteiger partial charge < -0.3 is 10.2 Å². The second-order valence-corrected chi connectivity index (χ2v) is 5.60. The number of carboxylic acids is 1. The number of likely N-dealkylation sites (tertiary alicyclic amines) is 1. The van der Waals surface area contributed by atoms with E-state index in [1.54, 1.807) is 20.8 Å². The molecule has 0 spiro atoms. The first-order valence-corrected chi connectivity index (χ1v) is 5.41. The number of nitrogens with zero attached hydrogens (tertiary/aromatic N) is 1. The molecular weight excluding hydrogens is 226 g/mol.